The van der Waals surface area contributed by atoms with Gasteiger partial charge in [0, 0.05) is 7.05 Å². The molecule has 1 aromatic heterocycles. The molecule has 0 aliphatic heterocycles. The molecule has 0 bridgehead atoms. The summed E-state index contributed by atoms with van der Waals surface area (Å²) in [5, 5.41) is 12.8. The molecule has 0 atom stereocenters. The van der Waals surface area contributed by atoms with Crippen LogP contribution in [0, 0.1) is 0 Å². The van der Waals surface area contributed by atoms with Crippen LogP contribution in [0.3, 0.4) is 0 Å². The highest BCUT2D eigenvalue weighted by Crippen LogP contribution is 2.09. The van der Waals surface area contributed by atoms with Crippen molar-refractivity contribution in [2.24, 2.45) is 7.05 Å². The van der Waals surface area contributed by atoms with E-state index in [4.69, 9.17) is 9.84 Å². The quantitative estimate of drug-likeness (QED) is 0.589. The lowest BCUT2D eigenvalue weighted by molar-refractivity contribution is 0.0686. The van der Waals surface area contributed by atoms with E-state index in [1.54, 1.807) is 7.05 Å². The lowest BCUT2D eigenvalue weighted by Gasteiger charge is -2.05. The summed E-state index contributed by atoms with van der Waals surface area (Å²) in [5.74, 6) is -0.980. The molecule has 0 aliphatic carbocycles. The molecular formula is C11H16N2O3. The molecule has 5 heteroatoms. The molecule has 5 nitrogen and oxygen atoms in total. The topological polar surface area (TPSA) is 64.3 Å². The third kappa shape index (κ3) is 3.20. The molecule has 16 heavy (non-hydrogen) atoms. The van der Waals surface area contributed by atoms with E-state index >= 15 is 0 Å². The summed E-state index contributed by atoms with van der Waals surface area (Å²) in [7, 11) is 1.70. The third-order valence-corrected chi connectivity index (χ3v) is 2.20. The summed E-state index contributed by atoms with van der Waals surface area (Å²) in [6, 6.07) is 0. The summed E-state index contributed by atoms with van der Waals surface area (Å²) in [6.45, 7) is 6.48. The van der Waals surface area contributed by atoms with E-state index in [1.165, 1.54) is 10.9 Å². The highest BCUT2D eigenvalue weighted by Gasteiger charge is 2.14. The average Bonchev–Trinajstić information content (AvgIpc) is 2.54. The molecule has 0 saturated heterocycles. The number of carboxylic acids is 1. The molecule has 0 amide bonds. The number of aromatic carboxylic acids is 1. The van der Waals surface area contributed by atoms with Crippen LogP contribution >= 0.6 is 0 Å². The van der Waals surface area contributed by atoms with Crippen LogP contribution in [0.2, 0.25) is 0 Å². The Kier molecular flexibility index (Phi) is 4.25. The maximum atomic E-state index is 10.9. The summed E-state index contributed by atoms with van der Waals surface area (Å²) >= 11 is 0. The Balaban J connectivity index is 2.56. The minimum atomic E-state index is -0.980. The van der Waals surface area contributed by atoms with E-state index in [9.17, 15) is 4.79 Å². The summed E-state index contributed by atoms with van der Waals surface area (Å²) < 4.78 is 6.89. The Hall–Kier alpha value is -1.62. The van der Waals surface area contributed by atoms with Crippen molar-refractivity contribution in [3.63, 3.8) is 0 Å². The molecule has 0 aliphatic rings. The Morgan fingerprint density at radius 1 is 1.69 bits per heavy atom. The van der Waals surface area contributed by atoms with Gasteiger partial charge in [-0.25, -0.2) is 4.79 Å². The molecular weight excluding hydrogens is 208 g/mol. The van der Waals surface area contributed by atoms with Crippen LogP contribution in [0.1, 0.15) is 29.4 Å². The van der Waals surface area contributed by atoms with Gasteiger partial charge in [0.15, 0.2) is 0 Å². The first-order chi connectivity index (χ1) is 7.52. The van der Waals surface area contributed by atoms with Gasteiger partial charge in [0.25, 0.3) is 0 Å². The van der Waals surface area contributed by atoms with Gasteiger partial charge in [0.1, 0.15) is 5.56 Å². The van der Waals surface area contributed by atoms with Crippen molar-refractivity contribution >= 4 is 5.97 Å². The van der Waals surface area contributed by atoms with Gasteiger partial charge in [-0.15, -0.1) is 6.58 Å². The van der Waals surface area contributed by atoms with E-state index in [1.807, 2.05) is 6.92 Å². The van der Waals surface area contributed by atoms with Crippen LogP contribution in [0.4, 0.5) is 0 Å². The summed E-state index contributed by atoms with van der Waals surface area (Å²) in [6.07, 6.45) is 2.11. The zero-order valence-corrected chi connectivity index (χ0v) is 9.56. The Bertz CT molecular complexity index is 396. The number of hydrogen-bond donors (Lipinski definition) is 1. The predicted molar refractivity (Wildman–Crippen MR) is 59.3 cm³/mol. The lowest BCUT2D eigenvalue weighted by Crippen LogP contribution is -2.07. The van der Waals surface area contributed by atoms with Gasteiger partial charge in [-0.1, -0.05) is 5.57 Å². The maximum Gasteiger partial charge on any atom is 0.339 e. The average molecular weight is 224 g/mol. The molecule has 0 saturated carbocycles. The molecule has 0 radical (unpaired) electrons. The van der Waals surface area contributed by atoms with Gasteiger partial charge >= 0.3 is 5.97 Å². The van der Waals surface area contributed by atoms with Crippen molar-refractivity contribution in [2.45, 2.75) is 20.0 Å². The van der Waals surface area contributed by atoms with Gasteiger partial charge in [0.2, 0.25) is 0 Å². The zero-order valence-electron chi connectivity index (χ0n) is 9.56. The maximum absolute atomic E-state index is 10.9. The Labute approximate surface area is 94.3 Å². The first-order valence-corrected chi connectivity index (χ1v) is 4.98. The minimum Gasteiger partial charge on any atom is -0.478 e. The standard InChI is InChI=1S/C11H16N2O3/c1-8(2)4-5-16-7-10-9(11(14)15)6-12-13(10)3/h6H,1,4-5,7H2,2-3H3,(H,14,15). The molecule has 1 heterocycles. The van der Waals surface area contributed by atoms with Gasteiger partial charge < -0.3 is 9.84 Å². The van der Waals surface area contributed by atoms with Crippen LogP contribution in [-0.4, -0.2) is 27.5 Å². The van der Waals surface area contributed by atoms with E-state index < -0.39 is 5.97 Å². The van der Waals surface area contributed by atoms with Crippen LogP contribution in [-0.2, 0) is 18.4 Å². The fourth-order valence-electron chi connectivity index (χ4n) is 1.23. The molecule has 1 rings (SSSR count). The molecule has 1 aromatic rings. The first-order valence-electron chi connectivity index (χ1n) is 4.98. The first kappa shape index (κ1) is 12.4. The van der Waals surface area contributed by atoms with Gasteiger partial charge in [-0.3, -0.25) is 4.68 Å². The predicted octanol–water partition coefficient (Wildman–Crippen LogP) is 1.60. The lowest BCUT2D eigenvalue weighted by atomic mass is 10.2. The molecule has 0 unspecified atom stereocenters. The number of carboxylic acid groups (broad SMARTS) is 1. The molecule has 0 fully saturated rings. The van der Waals surface area contributed by atoms with E-state index in [-0.39, 0.29) is 12.2 Å². The summed E-state index contributed by atoms with van der Waals surface area (Å²) in [4.78, 5) is 10.9. The molecule has 0 spiro atoms. The van der Waals surface area contributed by atoms with Crippen LogP contribution < -0.4 is 0 Å². The van der Waals surface area contributed by atoms with Crippen molar-refractivity contribution in [3.05, 3.63) is 29.6 Å². The number of carbonyl (C=O) groups is 1. The monoisotopic (exact) mass is 224 g/mol. The van der Waals surface area contributed by atoms with E-state index in [2.05, 4.69) is 11.7 Å². The molecule has 0 aromatic carbocycles. The SMILES string of the molecule is C=C(C)CCOCc1c(C(=O)O)cnn1C. The van der Waals surface area contributed by atoms with Crippen molar-refractivity contribution in [3.8, 4) is 0 Å². The Morgan fingerprint density at radius 2 is 2.38 bits per heavy atom. The fourth-order valence-corrected chi connectivity index (χ4v) is 1.23. The number of nitrogens with zero attached hydrogens (tertiary/aromatic N) is 2. The van der Waals surface area contributed by atoms with Crippen molar-refractivity contribution in [2.75, 3.05) is 6.61 Å². The van der Waals surface area contributed by atoms with Gasteiger partial charge in [0.05, 0.1) is 25.1 Å². The normalized spacial score (nSPS) is 10.4. The molecule has 1 N–H and O–H groups in total. The highest BCUT2D eigenvalue weighted by atomic mass is 16.5. The number of aryl methyl sites for hydroxylation is 1. The van der Waals surface area contributed by atoms with Crippen molar-refractivity contribution < 1.29 is 14.6 Å². The smallest absolute Gasteiger partial charge is 0.339 e. The van der Waals surface area contributed by atoms with Crippen LogP contribution in [0.25, 0.3) is 0 Å². The summed E-state index contributed by atoms with van der Waals surface area (Å²) in [5.41, 5.74) is 1.82. The minimum absolute atomic E-state index is 0.192. The Morgan fingerprint density at radius 3 is 2.94 bits per heavy atom. The molecule has 88 valence electrons. The highest BCUT2D eigenvalue weighted by molar-refractivity contribution is 5.88. The number of aromatic nitrogens is 2. The second-order valence-electron chi connectivity index (χ2n) is 3.69. The van der Waals surface area contributed by atoms with Crippen LogP contribution in [0.15, 0.2) is 18.3 Å². The largest absolute Gasteiger partial charge is 0.478 e. The van der Waals surface area contributed by atoms with E-state index in [0.717, 1.165) is 12.0 Å². The van der Waals surface area contributed by atoms with E-state index in [0.29, 0.717) is 12.3 Å². The zero-order chi connectivity index (χ0) is 12.1. The van der Waals surface area contributed by atoms with Gasteiger partial charge in [-0.2, -0.15) is 5.10 Å². The van der Waals surface area contributed by atoms with Crippen LogP contribution in [0.5, 0.6) is 0 Å². The third-order valence-electron chi connectivity index (χ3n) is 2.20. The number of rotatable bonds is 6. The van der Waals surface area contributed by atoms with Crippen molar-refractivity contribution in [1.82, 2.24) is 9.78 Å². The van der Waals surface area contributed by atoms with Crippen molar-refractivity contribution in [1.29, 1.82) is 0 Å². The number of ether oxygens (including phenoxy) is 1. The fraction of sp³-hybridized carbons (Fsp3) is 0.455. The second-order valence-corrected chi connectivity index (χ2v) is 3.69. The number of hydrogen-bond acceptors (Lipinski definition) is 3. The van der Waals surface area contributed by atoms with Gasteiger partial charge in [-0.05, 0) is 13.3 Å². The second kappa shape index (κ2) is 5.46.